The van der Waals surface area contributed by atoms with E-state index in [0.717, 1.165) is 94.8 Å². The highest BCUT2D eigenvalue weighted by molar-refractivity contribution is 6.07. The van der Waals surface area contributed by atoms with Gasteiger partial charge < -0.3 is 24.9 Å². The largest absolute Gasteiger partial charge is 0.488 e. The molecule has 0 aliphatic carbocycles. The Morgan fingerprint density at radius 1 is 1.05 bits per heavy atom. The first kappa shape index (κ1) is 24.6. The molecule has 8 rings (SSSR count). The predicted octanol–water partition coefficient (Wildman–Crippen LogP) is 6.55. The second-order valence-electron chi connectivity index (χ2n) is 11.6. The quantitative estimate of drug-likeness (QED) is 0.232. The summed E-state index contributed by atoms with van der Waals surface area (Å²) in [4.78, 5) is 31.5. The Morgan fingerprint density at radius 3 is 2.88 bits per heavy atom. The number of rotatable bonds is 5. The number of amides is 1. The highest BCUT2D eigenvalue weighted by Gasteiger charge is 2.32. The van der Waals surface area contributed by atoms with E-state index in [1.165, 1.54) is 17.5 Å². The first-order valence-corrected chi connectivity index (χ1v) is 15.0. The molecular formula is C33H34N6O2. The van der Waals surface area contributed by atoms with Crippen molar-refractivity contribution in [2.45, 2.75) is 64.1 Å². The van der Waals surface area contributed by atoms with Crippen LogP contribution in [0.3, 0.4) is 0 Å². The summed E-state index contributed by atoms with van der Waals surface area (Å²) in [7, 11) is 0. The van der Waals surface area contributed by atoms with Crippen LogP contribution in [0.4, 0.5) is 0 Å². The summed E-state index contributed by atoms with van der Waals surface area (Å²) in [6.07, 6.45) is 7.67. The van der Waals surface area contributed by atoms with Crippen LogP contribution in [0.15, 0.2) is 48.7 Å². The number of carbonyl (C=O) groups excluding carboxylic acids is 1. The number of carbonyl (C=O) groups is 1. The van der Waals surface area contributed by atoms with Gasteiger partial charge in [-0.25, -0.2) is 9.97 Å². The monoisotopic (exact) mass is 546 g/mol. The minimum Gasteiger partial charge on any atom is -0.488 e. The number of fused-ring (bicyclic) bond motifs is 6. The molecule has 5 aromatic rings. The number of nitrogens with zero attached hydrogens (tertiary/aromatic N) is 3. The van der Waals surface area contributed by atoms with Crippen LogP contribution in [0.1, 0.15) is 74.7 Å². The molecule has 208 valence electrons. The molecule has 2 saturated heterocycles. The molecule has 3 aliphatic rings. The lowest BCUT2D eigenvalue weighted by Gasteiger charge is -2.23. The molecule has 5 heterocycles. The number of imidazole rings is 2. The van der Waals surface area contributed by atoms with Gasteiger partial charge in [-0.05, 0) is 85.0 Å². The molecule has 3 N–H and O–H groups in total. The Balaban J connectivity index is 1.13. The van der Waals surface area contributed by atoms with E-state index in [4.69, 9.17) is 9.72 Å². The van der Waals surface area contributed by atoms with Crippen LogP contribution in [-0.2, 0) is 11.4 Å². The van der Waals surface area contributed by atoms with E-state index >= 15 is 0 Å². The summed E-state index contributed by atoms with van der Waals surface area (Å²) in [5.41, 5.74) is 7.57. The standard InChI is InChI=1S/C33H34N6O2/c1-2-5-30(40)39-13-4-7-28(39)33-36-25-11-9-19-15-24-22-10-8-20(27-17-35-32(37-27)26-6-3-12-34-26)14-21(22)18-41-29(24)16-23(19)31(25)38-33/h8-11,14-17,26,28,34H,2-7,12-13,18H2,1H3,(H,35,37)(H,36,38)/t26-,28?/m0/s1. The summed E-state index contributed by atoms with van der Waals surface area (Å²) < 4.78 is 6.34. The van der Waals surface area contributed by atoms with Crippen LogP contribution in [-0.4, -0.2) is 43.8 Å². The van der Waals surface area contributed by atoms with Gasteiger partial charge in [0.25, 0.3) is 0 Å². The Hall–Kier alpha value is -4.17. The number of hydrogen-bond acceptors (Lipinski definition) is 5. The summed E-state index contributed by atoms with van der Waals surface area (Å²) in [5.74, 6) is 3.01. The van der Waals surface area contributed by atoms with Crippen LogP contribution >= 0.6 is 0 Å². The second-order valence-corrected chi connectivity index (χ2v) is 11.6. The van der Waals surface area contributed by atoms with Gasteiger partial charge in [0.05, 0.1) is 35.0 Å². The van der Waals surface area contributed by atoms with Gasteiger partial charge in [-0.2, -0.15) is 0 Å². The first-order chi connectivity index (χ1) is 20.2. The van der Waals surface area contributed by atoms with E-state index in [0.29, 0.717) is 19.1 Å². The van der Waals surface area contributed by atoms with E-state index in [1.807, 2.05) is 11.1 Å². The number of H-pyrrole nitrogens is 2. The smallest absolute Gasteiger partial charge is 0.223 e. The fraction of sp³-hybridized carbons (Fsp3) is 0.364. The number of aromatic amines is 2. The molecule has 0 spiro atoms. The molecule has 41 heavy (non-hydrogen) atoms. The Morgan fingerprint density at radius 2 is 2.00 bits per heavy atom. The number of nitrogens with one attached hydrogen (secondary N) is 3. The Bertz CT molecular complexity index is 1800. The van der Waals surface area contributed by atoms with Crippen LogP contribution < -0.4 is 10.1 Å². The van der Waals surface area contributed by atoms with Crippen LogP contribution in [0.25, 0.3) is 44.2 Å². The lowest BCUT2D eigenvalue weighted by Crippen LogP contribution is -2.30. The fourth-order valence-electron chi connectivity index (χ4n) is 6.92. The summed E-state index contributed by atoms with van der Waals surface area (Å²) in [5, 5.41) is 5.71. The van der Waals surface area contributed by atoms with Gasteiger partial charge in [0, 0.05) is 23.9 Å². The van der Waals surface area contributed by atoms with Gasteiger partial charge in [-0.3, -0.25) is 4.79 Å². The molecule has 0 saturated carbocycles. The van der Waals surface area contributed by atoms with Gasteiger partial charge in [-0.1, -0.05) is 25.1 Å². The van der Waals surface area contributed by atoms with Gasteiger partial charge in [0.1, 0.15) is 24.0 Å². The van der Waals surface area contributed by atoms with Crippen molar-refractivity contribution in [3.63, 3.8) is 0 Å². The van der Waals surface area contributed by atoms with Crippen molar-refractivity contribution in [2.24, 2.45) is 0 Å². The lowest BCUT2D eigenvalue weighted by molar-refractivity contribution is -0.132. The van der Waals surface area contributed by atoms with Crippen molar-refractivity contribution in [3.05, 3.63) is 65.9 Å². The molecule has 0 radical (unpaired) electrons. The van der Waals surface area contributed by atoms with Crippen molar-refractivity contribution in [3.8, 4) is 28.1 Å². The molecule has 0 bridgehead atoms. The number of ether oxygens (including phenoxy) is 1. The third kappa shape index (κ3) is 4.11. The summed E-state index contributed by atoms with van der Waals surface area (Å²) in [6.45, 7) is 4.44. The Kier molecular flexibility index (Phi) is 5.84. The molecule has 8 nitrogen and oxygen atoms in total. The molecule has 1 amide bonds. The normalized spacial score (nSPS) is 20.0. The number of hydrogen-bond donors (Lipinski definition) is 3. The SMILES string of the molecule is CCCC(=O)N1CCCC1c1nc2c(ccc3cc4c(cc32)OCc2cc(-c3cnc([C@@H]5CCCN5)[nH]3)ccc2-4)[nH]1. The van der Waals surface area contributed by atoms with Crippen molar-refractivity contribution in [2.75, 3.05) is 13.1 Å². The topological polar surface area (TPSA) is 98.9 Å². The van der Waals surface area contributed by atoms with E-state index in [9.17, 15) is 4.79 Å². The molecule has 2 fully saturated rings. The Labute approximate surface area is 238 Å². The third-order valence-corrected chi connectivity index (χ3v) is 9.01. The van der Waals surface area contributed by atoms with E-state index in [1.54, 1.807) is 0 Å². The molecule has 3 aliphatic heterocycles. The third-order valence-electron chi connectivity index (χ3n) is 9.01. The number of benzene rings is 3. The van der Waals surface area contributed by atoms with E-state index < -0.39 is 0 Å². The summed E-state index contributed by atoms with van der Waals surface area (Å²) in [6, 6.07) is 15.6. The van der Waals surface area contributed by atoms with Crippen LogP contribution in [0.5, 0.6) is 5.75 Å². The number of likely N-dealkylation sites (tertiary alicyclic amines) is 1. The van der Waals surface area contributed by atoms with Crippen molar-refractivity contribution < 1.29 is 9.53 Å². The molecule has 2 atom stereocenters. The molecule has 3 aromatic carbocycles. The zero-order chi connectivity index (χ0) is 27.5. The van der Waals surface area contributed by atoms with Crippen molar-refractivity contribution in [1.29, 1.82) is 0 Å². The first-order valence-electron chi connectivity index (χ1n) is 15.0. The second kappa shape index (κ2) is 9.73. The van der Waals surface area contributed by atoms with Gasteiger partial charge in [0.2, 0.25) is 5.91 Å². The highest BCUT2D eigenvalue weighted by atomic mass is 16.5. The van der Waals surface area contributed by atoms with Crippen LogP contribution in [0, 0.1) is 0 Å². The highest BCUT2D eigenvalue weighted by Crippen LogP contribution is 2.43. The lowest BCUT2D eigenvalue weighted by atomic mass is 9.92. The minimum atomic E-state index is 0.0202. The van der Waals surface area contributed by atoms with Crippen molar-refractivity contribution >= 4 is 27.7 Å². The number of aromatic nitrogens is 4. The van der Waals surface area contributed by atoms with E-state index in [2.05, 4.69) is 69.7 Å². The maximum atomic E-state index is 12.7. The molecule has 8 heteroatoms. The molecule has 2 aromatic heterocycles. The predicted molar refractivity (Wildman–Crippen MR) is 160 cm³/mol. The fourth-order valence-corrected chi connectivity index (χ4v) is 6.92. The average molecular weight is 547 g/mol. The maximum absolute atomic E-state index is 12.7. The zero-order valence-electron chi connectivity index (χ0n) is 23.3. The minimum absolute atomic E-state index is 0.0202. The maximum Gasteiger partial charge on any atom is 0.223 e. The van der Waals surface area contributed by atoms with Gasteiger partial charge in [-0.15, -0.1) is 0 Å². The zero-order valence-corrected chi connectivity index (χ0v) is 23.3. The van der Waals surface area contributed by atoms with E-state index in [-0.39, 0.29) is 11.9 Å². The summed E-state index contributed by atoms with van der Waals surface area (Å²) >= 11 is 0. The molecular weight excluding hydrogens is 512 g/mol. The van der Waals surface area contributed by atoms with Gasteiger partial charge >= 0.3 is 0 Å². The van der Waals surface area contributed by atoms with Crippen molar-refractivity contribution in [1.82, 2.24) is 30.2 Å². The average Bonchev–Trinajstić information content (AvgIpc) is 3.81. The van der Waals surface area contributed by atoms with Gasteiger partial charge in [0.15, 0.2) is 0 Å². The molecule has 1 unspecified atom stereocenters. The van der Waals surface area contributed by atoms with Crippen LogP contribution in [0.2, 0.25) is 0 Å².